The molecule has 1 aliphatic heterocycles. The van der Waals surface area contributed by atoms with E-state index in [1.807, 2.05) is 6.07 Å². The van der Waals surface area contributed by atoms with Crippen molar-refractivity contribution in [3.05, 3.63) is 35.5 Å². The molecule has 9 heteroatoms. The number of halogens is 1. The van der Waals surface area contributed by atoms with E-state index in [0.29, 0.717) is 28.4 Å². The molecule has 1 saturated heterocycles. The largest absolute Gasteiger partial charge is 0.495 e. The number of nitrogens with zero attached hydrogens (tertiary/aromatic N) is 4. The van der Waals surface area contributed by atoms with Gasteiger partial charge in [-0.2, -0.15) is 10.2 Å². The molecule has 1 amide bonds. The Balaban J connectivity index is 1.82. The number of aromatic nitrogens is 2. The monoisotopic (exact) mass is 356 g/mol. The molecule has 0 spiro atoms. The minimum atomic E-state index is -0.948. The molecule has 134 valence electrons. The molecule has 0 atom stereocenters. The van der Waals surface area contributed by atoms with Crippen LogP contribution in [0.25, 0.3) is 0 Å². The number of amides is 1. The fourth-order valence-corrected chi connectivity index (χ4v) is 2.54. The van der Waals surface area contributed by atoms with Gasteiger partial charge in [-0.05, 0) is 18.2 Å². The molecule has 1 aromatic heterocycles. The van der Waals surface area contributed by atoms with Crippen LogP contribution in [0.4, 0.5) is 21.8 Å². The fourth-order valence-electron chi connectivity index (χ4n) is 2.54. The maximum absolute atomic E-state index is 12.9. The number of ether oxygens (including phenoxy) is 1. The molecule has 2 aromatic rings. The number of likely N-dealkylation sites (tertiary alicyclic amines) is 1. The number of nitrogens with one attached hydrogen (secondary N) is 2. The van der Waals surface area contributed by atoms with Gasteiger partial charge in [-0.15, -0.1) is 0 Å². The zero-order valence-electron chi connectivity index (χ0n) is 14.3. The van der Waals surface area contributed by atoms with Crippen molar-refractivity contribution in [3.63, 3.8) is 0 Å². The van der Waals surface area contributed by atoms with E-state index in [9.17, 15) is 9.18 Å². The lowest BCUT2D eigenvalue weighted by Crippen LogP contribution is -2.51. The van der Waals surface area contributed by atoms with Gasteiger partial charge in [-0.3, -0.25) is 4.79 Å². The van der Waals surface area contributed by atoms with Crippen molar-refractivity contribution in [1.29, 1.82) is 5.26 Å². The predicted molar refractivity (Wildman–Crippen MR) is 93.4 cm³/mol. The van der Waals surface area contributed by atoms with Gasteiger partial charge in [0.15, 0.2) is 0 Å². The molecule has 1 aromatic carbocycles. The Morgan fingerprint density at radius 3 is 2.85 bits per heavy atom. The summed E-state index contributed by atoms with van der Waals surface area (Å²) in [6.07, 6.45) is 0.458. The minimum absolute atomic E-state index is 0.118. The third kappa shape index (κ3) is 3.35. The Labute approximate surface area is 149 Å². The van der Waals surface area contributed by atoms with Crippen LogP contribution >= 0.6 is 0 Å². The molecule has 0 aliphatic carbocycles. The number of carbonyl (C=O) groups is 1. The molecule has 1 fully saturated rings. The van der Waals surface area contributed by atoms with Crippen LogP contribution in [0.15, 0.2) is 24.4 Å². The Kier molecular flexibility index (Phi) is 4.84. The molecule has 0 saturated carbocycles. The summed E-state index contributed by atoms with van der Waals surface area (Å²) in [4.78, 5) is 22.0. The number of methoxy groups -OCH3 is 1. The van der Waals surface area contributed by atoms with Gasteiger partial charge in [0, 0.05) is 12.6 Å². The van der Waals surface area contributed by atoms with Crippen molar-refractivity contribution in [2.45, 2.75) is 6.17 Å². The van der Waals surface area contributed by atoms with E-state index in [1.54, 1.807) is 25.2 Å². The van der Waals surface area contributed by atoms with E-state index in [-0.39, 0.29) is 24.9 Å². The summed E-state index contributed by atoms with van der Waals surface area (Å²) in [7, 11) is 3.14. The number of alkyl halides is 1. The maximum atomic E-state index is 12.9. The maximum Gasteiger partial charge on any atom is 0.254 e. The first kappa shape index (κ1) is 17.4. The van der Waals surface area contributed by atoms with Gasteiger partial charge in [0.2, 0.25) is 5.95 Å². The average Bonchev–Trinajstić information content (AvgIpc) is 2.65. The lowest BCUT2D eigenvalue weighted by molar-refractivity contribution is 0.0400. The van der Waals surface area contributed by atoms with Gasteiger partial charge in [-0.1, -0.05) is 0 Å². The Morgan fingerprint density at radius 2 is 2.23 bits per heavy atom. The predicted octanol–water partition coefficient (Wildman–Crippen LogP) is 1.94. The summed E-state index contributed by atoms with van der Waals surface area (Å²) in [6, 6.07) is 6.87. The van der Waals surface area contributed by atoms with Crippen LogP contribution in [0.2, 0.25) is 0 Å². The Morgan fingerprint density at radius 1 is 1.46 bits per heavy atom. The van der Waals surface area contributed by atoms with E-state index in [0.717, 1.165) is 0 Å². The molecule has 3 rings (SSSR count). The summed E-state index contributed by atoms with van der Waals surface area (Å²) in [5.41, 5.74) is 1.30. The second-order valence-electron chi connectivity index (χ2n) is 5.67. The average molecular weight is 356 g/mol. The Hall–Kier alpha value is -3.41. The number of benzene rings is 1. The van der Waals surface area contributed by atoms with Gasteiger partial charge in [0.05, 0.1) is 32.1 Å². The summed E-state index contributed by atoms with van der Waals surface area (Å²) in [5.74, 6) is 0.853. The standard InChI is InChI=1S/C17H17FN6O2/c1-20-15-11(6-19)7-21-17(23-15)22-13-4-3-10(5-14(13)26-2)16(25)24-8-12(18)9-24/h3-5,7,12H,8-9H2,1-2H3,(H2,20,21,22,23). The van der Waals surface area contributed by atoms with Crippen LogP contribution in [0.5, 0.6) is 5.75 Å². The van der Waals surface area contributed by atoms with E-state index < -0.39 is 6.17 Å². The van der Waals surface area contributed by atoms with Crippen LogP contribution in [0.3, 0.4) is 0 Å². The van der Waals surface area contributed by atoms with Crippen molar-refractivity contribution in [2.75, 3.05) is 37.9 Å². The first-order valence-electron chi connectivity index (χ1n) is 7.89. The highest BCUT2D eigenvalue weighted by Crippen LogP contribution is 2.29. The molecular weight excluding hydrogens is 339 g/mol. The molecule has 2 N–H and O–H groups in total. The van der Waals surface area contributed by atoms with Crippen LogP contribution in [-0.2, 0) is 0 Å². The summed E-state index contributed by atoms with van der Waals surface area (Å²) < 4.78 is 18.3. The summed E-state index contributed by atoms with van der Waals surface area (Å²) in [5, 5.41) is 14.8. The third-order valence-corrected chi connectivity index (χ3v) is 3.97. The summed E-state index contributed by atoms with van der Waals surface area (Å²) in [6.45, 7) is 0.236. The number of hydrogen-bond acceptors (Lipinski definition) is 7. The normalized spacial score (nSPS) is 13.5. The molecular formula is C17H17FN6O2. The van der Waals surface area contributed by atoms with Crippen LogP contribution in [-0.4, -0.2) is 54.2 Å². The zero-order chi connectivity index (χ0) is 18.7. The van der Waals surface area contributed by atoms with E-state index >= 15 is 0 Å². The lowest BCUT2D eigenvalue weighted by atomic mass is 10.1. The SMILES string of the molecule is CNc1nc(Nc2ccc(C(=O)N3CC(F)C3)cc2OC)ncc1C#N. The highest BCUT2D eigenvalue weighted by molar-refractivity contribution is 5.96. The van der Waals surface area contributed by atoms with Crippen molar-refractivity contribution in [3.8, 4) is 11.8 Å². The smallest absolute Gasteiger partial charge is 0.254 e. The van der Waals surface area contributed by atoms with Crippen LogP contribution < -0.4 is 15.4 Å². The van der Waals surface area contributed by atoms with E-state index in [1.165, 1.54) is 18.2 Å². The number of nitriles is 1. The molecule has 0 bridgehead atoms. The Bertz CT molecular complexity index is 876. The molecule has 0 unspecified atom stereocenters. The second kappa shape index (κ2) is 7.23. The first-order valence-corrected chi connectivity index (χ1v) is 7.89. The molecule has 8 nitrogen and oxygen atoms in total. The quantitative estimate of drug-likeness (QED) is 0.844. The molecule has 26 heavy (non-hydrogen) atoms. The minimum Gasteiger partial charge on any atom is -0.495 e. The number of anilines is 3. The highest BCUT2D eigenvalue weighted by Gasteiger charge is 2.31. The van der Waals surface area contributed by atoms with Crippen molar-refractivity contribution in [1.82, 2.24) is 14.9 Å². The van der Waals surface area contributed by atoms with Gasteiger partial charge >= 0.3 is 0 Å². The van der Waals surface area contributed by atoms with E-state index in [4.69, 9.17) is 10.00 Å². The van der Waals surface area contributed by atoms with Crippen molar-refractivity contribution in [2.24, 2.45) is 0 Å². The third-order valence-electron chi connectivity index (χ3n) is 3.97. The van der Waals surface area contributed by atoms with Gasteiger partial charge in [-0.25, -0.2) is 9.37 Å². The van der Waals surface area contributed by atoms with E-state index in [2.05, 4.69) is 20.6 Å². The first-order chi connectivity index (χ1) is 12.5. The fraction of sp³-hybridized carbons (Fsp3) is 0.294. The molecule has 2 heterocycles. The van der Waals surface area contributed by atoms with Gasteiger partial charge in [0.1, 0.15) is 29.4 Å². The topological polar surface area (TPSA) is 103 Å². The van der Waals surface area contributed by atoms with Crippen molar-refractivity contribution >= 4 is 23.4 Å². The van der Waals surface area contributed by atoms with Gasteiger partial charge in [0.25, 0.3) is 5.91 Å². The number of carbonyl (C=O) groups excluding carboxylic acids is 1. The van der Waals surface area contributed by atoms with Crippen LogP contribution in [0.1, 0.15) is 15.9 Å². The highest BCUT2D eigenvalue weighted by atomic mass is 19.1. The van der Waals surface area contributed by atoms with Gasteiger partial charge < -0.3 is 20.3 Å². The number of rotatable bonds is 5. The molecule has 1 aliphatic rings. The number of hydrogen-bond donors (Lipinski definition) is 2. The van der Waals surface area contributed by atoms with Crippen molar-refractivity contribution < 1.29 is 13.9 Å². The zero-order valence-corrected chi connectivity index (χ0v) is 14.3. The molecule has 0 radical (unpaired) electrons. The second-order valence-corrected chi connectivity index (χ2v) is 5.67. The lowest BCUT2D eigenvalue weighted by Gasteiger charge is -2.34. The summed E-state index contributed by atoms with van der Waals surface area (Å²) >= 11 is 0. The van der Waals surface area contributed by atoms with Crippen LogP contribution in [0, 0.1) is 11.3 Å².